The Morgan fingerprint density at radius 3 is 2.34 bits per heavy atom. The number of alkyl halides is 2. The third-order valence-corrected chi connectivity index (χ3v) is 8.87. The van der Waals surface area contributed by atoms with Crippen LogP contribution < -0.4 is 4.90 Å². The lowest BCUT2D eigenvalue weighted by atomic mass is 10.0. The molecule has 200 valence electrons. The average molecular weight is 579 g/mol. The molecule has 1 amide bonds. The Morgan fingerprint density at radius 2 is 1.68 bits per heavy atom. The molecule has 1 aliphatic rings. The summed E-state index contributed by atoms with van der Waals surface area (Å²) in [5, 5.41) is 0.613. The molecule has 0 radical (unpaired) electrons. The van der Waals surface area contributed by atoms with Gasteiger partial charge in [-0.25, -0.2) is 0 Å². The van der Waals surface area contributed by atoms with Gasteiger partial charge in [0, 0.05) is 47.0 Å². The number of ketones is 1. The molecule has 3 aromatic rings. The molecule has 0 spiro atoms. The van der Waals surface area contributed by atoms with Crippen LogP contribution in [-0.2, 0) is 21.9 Å². The van der Waals surface area contributed by atoms with Gasteiger partial charge in [0.15, 0.2) is 10.6 Å². The van der Waals surface area contributed by atoms with Crippen molar-refractivity contribution in [2.75, 3.05) is 23.7 Å². The monoisotopic (exact) mass is 578 g/mol. The van der Waals surface area contributed by atoms with Gasteiger partial charge < -0.3 is 14.4 Å². The maximum absolute atomic E-state index is 14.5. The highest BCUT2D eigenvalue weighted by Crippen LogP contribution is 2.32. The van der Waals surface area contributed by atoms with Crippen molar-refractivity contribution in [1.29, 1.82) is 0 Å². The van der Waals surface area contributed by atoms with Gasteiger partial charge in [0.25, 0.3) is 11.7 Å². The highest BCUT2D eigenvalue weighted by Gasteiger charge is 2.43. The molecular formula is C28H26Cl2F2N2O3S. The molecule has 0 saturated carbocycles. The molecule has 1 saturated heterocycles. The first kappa shape index (κ1) is 28.4. The zero-order valence-electron chi connectivity index (χ0n) is 20.7. The van der Waals surface area contributed by atoms with Crippen molar-refractivity contribution in [1.82, 2.24) is 4.90 Å². The van der Waals surface area contributed by atoms with E-state index in [0.717, 1.165) is 17.8 Å². The molecule has 38 heavy (non-hydrogen) atoms. The molecular weight excluding hydrogens is 553 g/mol. The maximum atomic E-state index is 14.5. The summed E-state index contributed by atoms with van der Waals surface area (Å²) < 4.78 is 41.9. The quantitative estimate of drug-likeness (QED) is 0.313. The number of piperazine rings is 1. The van der Waals surface area contributed by atoms with Gasteiger partial charge in [0.05, 0.1) is 5.02 Å². The maximum Gasteiger partial charge on any atom is 0.335 e. The second-order valence-corrected chi connectivity index (χ2v) is 11.4. The SMILES string of the molecule is C[C@H]1[C@H](C)N(c2cccc(Cl)c2)CCN1C(=O)c1ccc([S+]([O-])CC(=O)C(F)(F)c2ccccc2)c(Cl)c1. The van der Waals surface area contributed by atoms with Gasteiger partial charge >= 0.3 is 5.92 Å². The fraction of sp³-hybridized carbons (Fsp3) is 0.286. The van der Waals surface area contributed by atoms with Crippen LogP contribution in [0.1, 0.15) is 29.8 Å². The number of amides is 1. The van der Waals surface area contributed by atoms with Gasteiger partial charge in [-0.1, -0.05) is 59.6 Å². The van der Waals surface area contributed by atoms with Crippen LogP contribution in [-0.4, -0.2) is 52.1 Å². The van der Waals surface area contributed by atoms with Crippen LogP contribution in [0.2, 0.25) is 10.0 Å². The number of Topliss-reactive ketones (excluding diaryl/α,β-unsaturated/α-hetero) is 1. The minimum atomic E-state index is -3.78. The van der Waals surface area contributed by atoms with Gasteiger partial charge in [-0.3, -0.25) is 9.59 Å². The van der Waals surface area contributed by atoms with Crippen molar-refractivity contribution in [2.24, 2.45) is 0 Å². The number of halogens is 4. The van der Waals surface area contributed by atoms with Crippen LogP contribution in [0.15, 0.2) is 77.7 Å². The predicted molar refractivity (Wildman–Crippen MR) is 147 cm³/mol. The molecule has 1 unspecified atom stereocenters. The summed E-state index contributed by atoms with van der Waals surface area (Å²) in [6.45, 7) is 5.06. The molecule has 0 bridgehead atoms. The molecule has 0 aliphatic carbocycles. The molecule has 0 aromatic heterocycles. The number of benzene rings is 3. The van der Waals surface area contributed by atoms with Crippen LogP contribution in [0.3, 0.4) is 0 Å². The molecule has 3 atom stereocenters. The van der Waals surface area contributed by atoms with E-state index >= 15 is 0 Å². The van der Waals surface area contributed by atoms with E-state index in [1.807, 2.05) is 38.1 Å². The number of nitrogens with zero attached hydrogens (tertiary/aromatic N) is 2. The highest BCUT2D eigenvalue weighted by molar-refractivity contribution is 7.92. The van der Waals surface area contributed by atoms with E-state index in [9.17, 15) is 22.9 Å². The smallest absolute Gasteiger partial charge is 0.335 e. The number of carbonyl (C=O) groups is 2. The molecule has 1 fully saturated rings. The number of rotatable bonds is 7. The Bertz CT molecular complexity index is 1330. The number of hydrogen-bond donors (Lipinski definition) is 0. The fourth-order valence-corrected chi connectivity index (χ4v) is 6.22. The number of carbonyl (C=O) groups excluding carboxylic acids is 2. The first-order valence-corrected chi connectivity index (χ1v) is 14.1. The molecule has 3 aromatic carbocycles. The van der Waals surface area contributed by atoms with Gasteiger partial charge in [0.1, 0.15) is 0 Å². The Morgan fingerprint density at radius 1 is 0.974 bits per heavy atom. The van der Waals surface area contributed by atoms with E-state index < -0.39 is 34.2 Å². The molecule has 5 nitrogen and oxygen atoms in total. The van der Waals surface area contributed by atoms with E-state index in [2.05, 4.69) is 4.90 Å². The molecule has 0 N–H and O–H groups in total. The third kappa shape index (κ3) is 5.83. The number of anilines is 1. The van der Waals surface area contributed by atoms with Gasteiger partial charge in [-0.05, 0) is 61.4 Å². The average Bonchev–Trinajstić information content (AvgIpc) is 2.90. The fourth-order valence-electron chi connectivity index (χ4n) is 4.53. The summed E-state index contributed by atoms with van der Waals surface area (Å²) in [7, 11) is 0. The van der Waals surface area contributed by atoms with Crippen LogP contribution >= 0.6 is 23.2 Å². The Balaban J connectivity index is 1.45. The lowest BCUT2D eigenvalue weighted by molar-refractivity contribution is -0.141. The van der Waals surface area contributed by atoms with Crippen LogP contribution in [0, 0.1) is 0 Å². The van der Waals surface area contributed by atoms with Gasteiger partial charge in [-0.2, -0.15) is 8.78 Å². The standard InChI is InChI=1S/C28H26Cl2F2N2O3S/c1-18-19(2)34(14-13-33(18)23-10-6-9-22(29)16-23)27(36)20-11-12-25(24(30)15-20)38(37)17-26(35)28(31,32)21-7-4-3-5-8-21/h3-12,15-16,18-19H,13-14,17H2,1-2H3/t18-,19-,38?/m0/s1. The van der Waals surface area contributed by atoms with Crippen LogP contribution in [0.5, 0.6) is 0 Å². The van der Waals surface area contributed by atoms with Crippen molar-refractivity contribution in [3.05, 3.63) is 94.0 Å². The largest absolute Gasteiger partial charge is 0.611 e. The summed E-state index contributed by atoms with van der Waals surface area (Å²) in [4.78, 5) is 29.6. The first-order chi connectivity index (χ1) is 18.0. The van der Waals surface area contributed by atoms with E-state index in [1.165, 1.54) is 30.3 Å². The van der Waals surface area contributed by atoms with Gasteiger partial charge in [-0.15, -0.1) is 0 Å². The summed E-state index contributed by atoms with van der Waals surface area (Å²) in [6, 6.07) is 18.3. The summed E-state index contributed by atoms with van der Waals surface area (Å²) in [6.07, 6.45) is 0. The van der Waals surface area contributed by atoms with Gasteiger partial charge in [0.2, 0.25) is 0 Å². The van der Waals surface area contributed by atoms with Crippen molar-refractivity contribution < 1.29 is 22.9 Å². The van der Waals surface area contributed by atoms with Crippen LogP contribution in [0.25, 0.3) is 0 Å². The summed E-state index contributed by atoms with van der Waals surface area (Å²) in [5.74, 6) is -6.41. The van der Waals surface area contributed by atoms with E-state index in [0.29, 0.717) is 18.1 Å². The normalized spacial score (nSPS) is 18.8. The molecule has 1 aliphatic heterocycles. The first-order valence-electron chi connectivity index (χ1n) is 12.0. The van der Waals surface area contributed by atoms with E-state index in [-0.39, 0.29) is 33.5 Å². The minimum absolute atomic E-state index is 0.00529. The third-order valence-electron chi connectivity index (χ3n) is 6.84. The van der Waals surface area contributed by atoms with Crippen molar-refractivity contribution in [2.45, 2.75) is 36.7 Å². The van der Waals surface area contributed by atoms with E-state index in [1.54, 1.807) is 11.0 Å². The van der Waals surface area contributed by atoms with Crippen molar-refractivity contribution in [3.63, 3.8) is 0 Å². The van der Waals surface area contributed by atoms with Crippen LogP contribution in [0.4, 0.5) is 14.5 Å². The molecule has 1 heterocycles. The Hall–Kier alpha value is -2.65. The van der Waals surface area contributed by atoms with Crippen molar-refractivity contribution >= 4 is 51.8 Å². The molecule has 4 rings (SSSR count). The predicted octanol–water partition coefficient (Wildman–Crippen LogP) is 6.20. The Kier molecular flexibility index (Phi) is 8.67. The lowest BCUT2D eigenvalue weighted by Crippen LogP contribution is -2.59. The second kappa shape index (κ2) is 11.6. The minimum Gasteiger partial charge on any atom is -0.611 e. The molecule has 10 heteroatoms. The topological polar surface area (TPSA) is 63.7 Å². The summed E-state index contributed by atoms with van der Waals surface area (Å²) >= 11 is 10.4. The lowest BCUT2D eigenvalue weighted by Gasteiger charge is -2.46. The second-order valence-electron chi connectivity index (χ2n) is 9.15. The van der Waals surface area contributed by atoms with Crippen molar-refractivity contribution in [3.8, 4) is 0 Å². The zero-order valence-corrected chi connectivity index (χ0v) is 23.1. The zero-order chi connectivity index (χ0) is 27.6. The Labute approximate surface area is 233 Å². The van der Waals surface area contributed by atoms with E-state index in [4.69, 9.17) is 23.2 Å². The highest BCUT2D eigenvalue weighted by atomic mass is 35.5. The number of hydrogen-bond acceptors (Lipinski definition) is 4. The summed E-state index contributed by atoms with van der Waals surface area (Å²) in [5.41, 5.74) is 0.797.